The topological polar surface area (TPSA) is 82.8 Å². The largest absolute Gasteiger partial charge is 0.264 e. The standard InChI is InChI=1S/C9H11N3O2S/c1-8-6-11-4-2-9(8)7-12-15(13,14)5-3-10/h2,4,6,12H,5,7H2,1H3. The molecule has 0 amide bonds. The fourth-order valence-electron chi connectivity index (χ4n) is 1.02. The highest BCUT2D eigenvalue weighted by atomic mass is 32.2. The zero-order valence-corrected chi connectivity index (χ0v) is 9.08. The average molecular weight is 225 g/mol. The molecule has 1 heterocycles. The van der Waals surface area contributed by atoms with Crippen LogP contribution in [-0.2, 0) is 16.6 Å². The van der Waals surface area contributed by atoms with Gasteiger partial charge in [0, 0.05) is 18.9 Å². The van der Waals surface area contributed by atoms with Crippen LogP contribution in [0.4, 0.5) is 0 Å². The van der Waals surface area contributed by atoms with Crippen molar-refractivity contribution in [2.24, 2.45) is 0 Å². The second kappa shape index (κ2) is 4.87. The molecule has 0 saturated carbocycles. The van der Waals surface area contributed by atoms with Gasteiger partial charge in [0.15, 0.2) is 5.75 Å². The van der Waals surface area contributed by atoms with Gasteiger partial charge >= 0.3 is 0 Å². The Labute approximate surface area is 88.8 Å². The van der Waals surface area contributed by atoms with Gasteiger partial charge < -0.3 is 0 Å². The number of sulfonamides is 1. The summed E-state index contributed by atoms with van der Waals surface area (Å²) in [5.74, 6) is -0.517. The predicted octanol–water partition coefficient (Wildman–Crippen LogP) is 0.333. The van der Waals surface area contributed by atoms with E-state index in [4.69, 9.17) is 5.26 Å². The van der Waals surface area contributed by atoms with E-state index in [1.54, 1.807) is 24.5 Å². The fourth-order valence-corrected chi connectivity index (χ4v) is 1.67. The molecular formula is C9H11N3O2S. The van der Waals surface area contributed by atoms with E-state index in [0.29, 0.717) is 0 Å². The van der Waals surface area contributed by atoms with Crippen molar-refractivity contribution in [1.29, 1.82) is 5.26 Å². The summed E-state index contributed by atoms with van der Waals surface area (Å²) in [5.41, 5.74) is 1.77. The molecule has 0 atom stereocenters. The van der Waals surface area contributed by atoms with Crippen molar-refractivity contribution in [2.45, 2.75) is 13.5 Å². The molecule has 6 heteroatoms. The van der Waals surface area contributed by atoms with E-state index in [1.807, 2.05) is 6.92 Å². The monoisotopic (exact) mass is 225 g/mol. The molecule has 0 unspecified atom stereocenters. The van der Waals surface area contributed by atoms with Gasteiger partial charge in [-0.05, 0) is 24.1 Å². The number of aryl methyl sites for hydroxylation is 1. The minimum Gasteiger partial charge on any atom is -0.264 e. The SMILES string of the molecule is Cc1cnccc1CNS(=O)(=O)CC#N. The Balaban J connectivity index is 2.67. The van der Waals surface area contributed by atoms with Crippen molar-refractivity contribution >= 4 is 10.0 Å². The van der Waals surface area contributed by atoms with E-state index in [0.717, 1.165) is 11.1 Å². The molecule has 0 radical (unpaired) electrons. The molecule has 0 fully saturated rings. The van der Waals surface area contributed by atoms with Crippen LogP contribution in [0.2, 0.25) is 0 Å². The highest BCUT2D eigenvalue weighted by molar-refractivity contribution is 7.89. The molecule has 0 aliphatic rings. The van der Waals surface area contributed by atoms with Crippen molar-refractivity contribution in [3.05, 3.63) is 29.6 Å². The van der Waals surface area contributed by atoms with Gasteiger partial charge in [-0.1, -0.05) is 0 Å². The van der Waals surface area contributed by atoms with Crippen LogP contribution in [-0.4, -0.2) is 19.2 Å². The average Bonchev–Trinajstić information content (AvgIpc) is 2.16. The summed E-state index contributed by atoms with van der Waals surface area (Å²) in [5, 5.41) is 8.27. The van der Waals surface area contributed by atoms with Crippen LogP contribution in [0, 0.1) is 18.3 Å². The van der Waals surface area contributed by atoms with Crippen molar-refractivity contribution in [2.75, 3.05) is 5.75 Å². The number of hydrogen-bond acceptors (Lipinski definition) is 4. The minimum absolute atomic E-state index is 0.193. The Morgan fingerprint density at radius 3 is 2.93 bits per heavy atom. The first-order chi connectivity index (χ1) is 7.05. The van der Waals surface area contributed by atoms with E-state index < -0.39 is 15.8 Å². The van der Waals surface area contributed by atoms with Gasteiger partial charge in [0.1, 0.15) is 0 Å². The Morgan fingerprint density at radius 1 is 1.60 bits per heavy atom. The first kappa shape index (κ1) is 11.6. The molecule has 0 saturated heterocycles. The molecule has 0 aliphatic heterocycles. The fraction of sp³-hybridized carbons (Fsp3) is 0.333. The zero-order chi connectivity index (χ0) is 11.3. The Kier molecular flexibility index (Phi) is 3.77. The third kappa shape index (κ3) is 3.65. The van der Waals surface area contributed by atoms with Gasteiger partial charge in [0.2, 0.25) is 10.0 Å². The van der Waals surface area contributed by atoms with Crippen LogP contribution in [0.3, 0.4) is 0 Å². The molecule has 1 aromatic rings. The summed E-state index contributed by atoms with van der Waals surface area (Å²) in [7, 11) is -3.48. The third-order valence-electron chi connectivity index (χ3n) is 1.87. The van der Waals surface area contributed by atoms with E-state index in [9.17, 15) is 8.42 Å². The maximum atomic E-state index is 11.2. The lowest BCUT2D eigenvalue weighted by Gasteiger charge is -2.05. The van der Waals surface area contributed by atoms with Crippen molar-refractivity contribution < 1.29 is 8.42 Å². The summed E-state index contributed by atoms with van der Waals surface area (Å²) < 4.78 is 24.7. The summed E-state index contributed by atoms with van der Waals surface area (Å²) in [4.78, 5) is 3.90. The molecule has 80 valence electrons. The predicted molar refractivity (Wildman–Crippen MR) is 55.2 cm³/mol. The lowest BCUT2D eigenvalue weighted by molar-refractivity contribution is 0.584. The van der Waals surface area contributed by atoms with Crippen LogP contribution < -0.4 is 4.72 Å². The summed E-state index contributed by atoms with van der Waals surface area (Å²) in [6.07, 6.45) is 3.26. The van der Waals surface area contributed by atoms with E-state index >= 15 is 0 Å². The lowest BCUT2D eigenvalue weighted by atomic mass is 10.2. The second-order valence-electron chi connectivity index (χ2n) is 3.04. The molecule has 0 spiro atoms. The normalized spacial score (nSPS) is 10.9. The van der Waals surface area contributed by atoms with Gasteiger partial charge in [-0.15, -0.1) is 0 Å². The second-order valence-corrected chi connectivity index (χ2v) is 4.85. The van der Waals surface area contributed by atoms with Crippen LogP contribution in [0.1, 0.15) is 11.1 Å². The smallest absolute Gasteiger partial charge is 0.225 e. The van der Waals surface area contributed by atoms with Crippen LogP contribution in [0.15, 0.2) is 18.5 Å². The summed E-state index contributed by atoms with van der Waals surface area (Å²) in [6.45, 7) is 2.04. The van der Waals surface area contributed by atoms with Crippen molar-refractivity contribution in [3.63, 3.8) is 0 Å². The first-order valence-electron chi connectivity index (χ1n) is 4.29. The first-order valence-corrected chi connectivity index (χ1v) is 5.94. The molecule has 0 aromatic carbocycles. The highest BCUT2D eigenvalue weighted by Gasteiger charge is 2.09. The molecule has 15 heavy (non-hydrogen) atoms. The number of rotatable bonds is 4. The van der Waals surface area contributed by atoms with Gasteiger partial charge in [0.25, 0.3) is 0 Å². The van der Waals surface area contributed by atoms with Crippen molar-refractivity contribution in [1.82, 2.24) is 9.71 Å². The Hall–Kier alpha value is -1.45. The van der Waals surface area contributed by atoms with Crippen LogP contribution >= 0.6 is 0 Å². The number of hydrogen-bond donors (Lipinski definition) is 1. The molecule has 0 aliphatic carbocycles. The van der Waals surface area contributed by atoms with Crippen LogP contribution in [0.5, 0.6) is 0 Å². The number of nitrogens with one attached hydrogen (secondary N) is 1. The number of aromatic nitrogens is 1. The van der Waals surface area contributed by atoms with Crippen LogP contribution in [0.25, 0.3) is 0 Å². The van der Waals surface area contributed by atoms with Crippen molar-refractivity contribution in [3.8, 4) is 6.07 Å². The maximum absolute atomic E-state index is 11.2. The maximum Gasteiger partial charge on any atom is 0.225 e. The molecule has 1 aromatic heterocycles. The third-order valence-corrected chi connectivity index (χ3v) is 2.97. The number of pyridine rings is 1. The number of nitriles is 1. The quantitative estimate of drug-likeness (QED) is 0.800. The molecule has 1 rings (SSSR count). The van der Waals surface area contributed by atoms with E-state index in [-0.39, 0.29) is 6.54 Å². The molecular weight excluding hydrogens is 214 g/mol. The molecule has 5 nitrogen and oxygen atoms in total. The van der Waals surface area contributed by atoms with Gasteiger partial charge in [-0.2, -0.15) is 5.26 Å². The molecule has 0 bridgehead atoms. The molecule has 1 N–H and O–H groups in total. The summed E-state index contributed by atoms with van der Waals surface area (Å²) >= 11 is 0. The van der Waals surface area contributed by atoms with E-state index in [1.165, 1.54) is 0 Å². The zero-order valence-electron chi connectivity index (χ0n) is 8.27. The van der Waals surface area contributed by atoms with Gasteiger partial charge in [-0.3, -0.25) is 4.98 Å². The number of nitrogens with zero attached hydrogens (tertiary/aromatic N) is 2. The Morgan fingerprint density at radius 2 is 2.33 bits per heavy atom. The Bertz CT molecular complexity index is 476. The van der Waals surface area contributed by atoms with E-state index in [2.05, 4.69) is 9.71 Å². The summed E-state index contributed by atoms with van der Waals surface area (Å²) in [6, 6.07) is 3.34. The van der Waals surface area contributed by atoms with Gasteiger partial charge in [-0.25, -0.2) is 13.1 Å². The van der Waals surface area contributed by atoms with Gasteiger partial charge in [0.05, 0.1) is 6.07 Å². The minimum atomic E-state index is -3.48. The highest BCUT2D eigenvalue weighted by Crippen LogP contribution is 2.04. The lowest BCUT2D eigenvalue weighted by Crippen LogP contribution is -2.25.